The van der Waals surface area contributed by atoms with Crippen LogP contribution in [0.15, 0.2) is 30.3 Å². The van der Waals surface area contributed by atoms with Gasteiger partial charge in [-0.25, -0.2) is 9.78 Å². The molecule has 2 aromatic carbocycles. The van der Waals surface area contributed by atoms with Crippen molar-refractivity contribution in [3.05, 3.63) is 42.0 Å². The highest BCUT2D eigenvalue weighted by Gasteiger charge is 2.37. The van der Waals surface area contributed by atoms with E-state index in [1.807, 2.05) is 0 Å². The summed E-state index contributed by atoms with van der Waals surface area (Å²) in [5.74, 6) is -0.590. The quantitative estimate of drug-likeness (QED) is 0.476. The van der Waals surface area contributed by atoms with Crippen LogP contribution in [0.3, 0.4) is 0 Å². The molecule has 11 heteroatoms. The smallest absolute Gasteiger partial charge is 0.416 e. The molecule has 0 aliphatic carbocycles. The van der Waals surface area contributed by atoms with E-state index >= 15 is 0 Å². The molecule has 7 nitrogen and oxygen atoms in total. The average molecular weight is 506 g/mol. The Bertz CT molecular complexity index is 1280. The number of nitrogens with one attached hydrogen (secondary N) is 1. The summed E-state index contributed by atoms with van der Waals surface area (Å²) in [6, 6.07) is 8.74. The molecule has 35 heavy (non-hydrogen) atoms. The summed E-state index contributed by atoms with van der Waals surface area (Å²) in [7, 11) is 0. The van der Waals surface area contributed by atoms with Crippen LogP contribution in [0.2, 0.25) is 0 Å². The van der Waals surface area contributed by atoms with Crippen molar-refractivity contribution in [2.24, 2.45) is 0 Å². The highest BCUT2D eigenvalue weighted by molar-refractivity contribution is 7.22. The third-order valence-corrected chi connectivity index (χ3v) is 6.25. The van der Waals surface area contributed by atoms with E-state index in [9.17, 15) is 22.8 Å². The summed E-state index contributed by atoms with van der Waals surface area (Å²) in [4.78, 5) is 31.3. The third kappa shape index (κ3) is 5.50. The molecule has 0 saturated carbocycles. The first-order valence-electron chi connectivity index (χ1n) is 10.9. The molecular weight excluding hydrogens is 481 g/mol. The van der Waals surface area contributed by atoms with Crippen LogP contribution in [0.5, 0.6) is 0 Å². The molecule has 1 fully saturated rings. The molecule has 1 saturated heterocycles. The monoisotopic (exact) mass is 505 g/mol. The topological polar surface area (TPSA) is 97.5 Å². The lowest BCUT2D eigenvalue weighted by molar-refractivity contribution is -0.137. The van der Waals surface area contributed by atoms with Gasteiger partial charge in [0.05, 0.1) is 15.8 Å². The first kappa shape index (κ1) is 24.8. The minimum atomic E-state index is -4.61. The molecule has 2 heterocycles. The third-order valence-electron chi connectivity index (χ3n) is 5.40. The number of nitrogen functional groups attached to an aromatic ring is 1. The van der Waals surface area contributed by atoms with Gasteiger partial charge in [0.25, 0.3) is 0 Å². The van der Waals surface area contributed by atoms with Crippen LogP contribution in [0, 0.1) is 6.07 Å². The van der Waals surface area contributed by atoms with Gasteiger partial charge in [-0.1, -0.05) is 23.5 Å². The van der Waals surface area contributed by atoms with Crippen molar-refractivity contribution >= 4 is 44.4 Å². The molecule has 2 amide bonds. The van der Waals surface area contributed by atoms with E-state index < -0.39 is 35.4 Å². The Morgan fingerprint density at radius 3 is 2.66 bits per heavy atom. The van der Waals surface area contributed by atoms with Gasteiger partial charge in [0.15, 0.2) is 5.13 Å². The summed E-state index contributed by atoms with van der Waals surface area (Å²) < 4.78 is 46.6. The van der Waals surface area contributed by atoms with Crippen molar-refractivity contribution < 1.29 is 27.5 Å². The van der Waals surface area contributed by atoms with Crippen LogP contribution in [0.25, 0.3) is 21.3 Å². The molecule has 3 N–H and O–H groups in total. The summed E-state index contributed by atoms with van der Waals surface area (Å²) >= 11 is 1.27. The lowest BCUT2D eigenvalue weighted by Crippen LogP contribution is -2.45. The second-order valence-corrected chi connectivity index (χ2v) is 10.3. The Kier molecular flexibility index (Phi) is 6.39. The molecular formula is C24H24F3N4O3S. The number of amides is 2. The molecule has 1 atom stereocenters. The maximum absolute atomic E-state index is 13.5. The van der Waals surface area contributed by atoms with Crippen LogP contribution in [0.1, 0.15) is 39.2 Å². The minimum absolute atomic E-state index is 0.0420. The Hall–Kier alpha value is -3.34. The number of likely N-dealkylation sites (tertiary alicyclic amines) is 1. The van der Waals surface area contributed by atoms with Gasteiger partial charge in [-0.3, -0.25) is 9.69 Å². The first-order chi connectivity index (χ1) is 16.3. The Morgan fingerprint density at radius 2 is 1.97 bits per heavy atom. The zero-order valence-corrected chi connectivity index (χ0v) is 20.1. The number of benzene rings is 2. The average Bonchev–Trinajstić information content (AvgIpc) is 3.37. The number of carbonyl (C=O) groups excluding carboxylic acids is 2. The van der Waals surface area contributed by atoms with Crippen molar-refractivity contribution in [2.45, 2.75) is 51.4 Å². The van der Waals surface area contributed by atoms with Gasteiger partial charge in [-0.05, 0) is 57.4 Å². The Morgan fingerprint density at radius 1 is 1.23 bits per heavy atom. The fourth-order valence-electron chi connectivity index (χ4n) is 3.89. The molecule has 185 valence electrons. The molecule has 1 radical (unpaired) electrons. The van der Waals surface area contributed by atoms with E-state index in [4.69, 9.17) is 10.5 Å². The number of alkyl halides is 3. The maximum atomic E-state index is 13.5. The zero-order chi connectivity index (χ0) is 25.5. The van der Waals surface area contributed by atoms with Crippen molar-refractivity contribution in [2.75, 3.05) is 17.6 Å². The molecule has 3 aromatic rings. The molecule has 4 rings (SSSR count). The summed E-state index contributed by atoms with van der Waals surface area (Å²) in [5, 5.41) is 2.96. The number of fused-ring (bicyclic) bond motifs is 1. The van der Waals surface area contributed by atoms with E-state index in [1.165, 1.54) is 22.3 Å². The lowest BCUT2D eigenvalue weighted by atomic mass is 10.0. The van der Waals surface area contributed by atoms with Crippen LogP contribution in [-0.4, -0.2) is 40.1 Å². The number of hydrogen-bond acceptors (Lipinski definition) is 6. The standard InChI is InChI=1S/C24H24F3N4O3S/c1-23(2,3)34-22(33)31-10-4-5-18(31)20(32)29-16-12-14(24(25,26)27)7-8-15(16)13-6-9-19-17(11-13)30-21(28)35-19/h6-9,12,18H,4-5,10H2,1-3H3,(H2,28,30)(H,29,32)/t18-/m0/s1. The van der Waals surface area contributed by atoms with Gasteiger partial charge >= 0.3 is 12.3 Å². The summed E-state index contributed by atoms with van der Waals surface area (Å²) in [6.45, 7) is 5.47. The maximum Gasteiger partial charge on any atom is 0.416 e. The number of anilines is 2. The number of nitrogens with two attached hydrogens (primary N) is 1. The van der Waals surface area contributed by atoms with Crippen molar-refractivity contribution in [1.82, 2.24) is 9.88 Å². The second kappa shape index (κ2) is 9.03. The number of thiazole rings is 1. The fraction of sp³-hybridized carbons (Fsp3) is 0.375. The van der Waals surface area contributed by atoms with Crippen LogP contribution >= 0.6 is 11.3 Å². The van der Waals surface area contributed by atoms with Gasteiger partial charge in [0.1, 0.15) is 11.6 Å². The summed E-state index contributed by atoms with van der Waals surface area (Å²) in [6.07, 6.45) is -4.30. The number of halogens is 3. The minimum Gasteiger partial charge on any atom is -0.444 e. The molecule has 1 aromatic heterocycles. The predicted octanol–water partition coefficient (Wildman–Crippen LogP) is 5.70. The van der Waals surface area contributed by atoms with Gasteiger partial charge in [0.2, 0.25) is 5.91 Å². The number of carbonyl (C=O) groups is 2. The van der Waals surface area contributed by atoms with E-state index in [1.54, 1.807) is 32.9 Å². The Labute approximate surface area is 204 Å². The predicted molar refractivity (Wildman–Crippen MR) is 128 cm³/mol. The number of rotatable bonds is 3. The van der Waals surface area contributed by atoms with Crippen LogP contribution in [-0.2, 0) is 15.7 Å². The van der Waals surface area contributed by atoms with Crippen LogP contribution in [0.4, 0.5) is 28.8 Å². The van der Waals surface area contributed by atoms with Crippen molar-refractivity contribution in [3.8, 4) is 11.1 Å². The SMILES string of the molecule is CC(C)(C)OC(=O)N1CCC[C@H]1C(=O)Nc1cc(C(F)(F)F)ccc1-c1[c]c2nc(N)sc2cc1. The molecule has 1 aliphatic rings. The zero-order valence-electron chi connectivity index (χ0n) is 19.3. The molecule has 0 unspecified atom stereocenters. The molecule has 0 bridgehead atoms. The Balaban J connectivity index is 1.67. The van der Waals surface area contributed by atoms with E-state index in [0.29, 0.717) is 41.2 Å². The number of nitrogens with zero attached hydrogens (tertiary/aromatic N) is 2. The first-order valence-corrected chi connectivity index (χ1v) is 11.7. The number of hydrogen-bond donors (Lipinski definition) is 2. The number of aromatic nitrogens is 1. The number of ether oxygens (including phenoxy) is 1. The van der Waals surface area contributed by atoms with Gasteiger partial charge in [-0.2, -0.15) is 13.2 Å². The van der Waals surface area contributed by atoms with Gasteiger partial charge in [0, 0.05) is 23.9 Å². The lowest BCUT2D eigenvalue weighted by Gasteiger charge is -2.28. The van der Waals surface area contributed by atoms with E-state index in [-0.39, 0.29) is 5.69 Å². The van der Waals surface area contributed by atoms with E-state index in [2.05, 4.69) is 16.4 Å². The highest BCUT2D eigenvalue weighted by atomic mass is 32.1. The van der Waals surface area contributed by atoms with Gasteiger partial charge in [-0.15, -0.1) is 0 Å². The van der Waals surface area contributed by atoms with Crippen LogP contribution < -0.4 is 11.1 Å². The molecule has 0 spiro atoms. The van der Waals surface area contributed by atoms with Crippen molar-refractivity contribution in [3.63, 3.8) is 0 Å². The normalized spacial score (nSPS) is 16.5. The largest absolute Gasteiger partial charge is 0.444 e. The van der Waals surface area contributed by atoms with Crippen molar-refractivity contribution in [1.29, 1.82) is 0 Å². The fourth-order valence-corrected chi connectivity index (χ4v) is 4.58. The molecule has 1 aliphatic heterocycles. The second-order valence-electron chi connectivity index (χ2n) is 9.22. The van der Waals surface area contributed by atoms with Gasteiger partial charge < -0.3 is 15.8 Å². The van der Waals surface area contributed by atoms with E-state index in [0.717, 1.165) is 16.8 Å². The highest BCUT2D eigenvalue weighted by Crippen LogP contribution is 2.37. The summed E-state index contributed by atoms with van der Waals surface area (Å²) in [5.41, 5.74) is 5.31.